The molecule has 9 nitrogen and oxygen atoms in total. The van der Waals surface area contributed by atoms with Gasteiger partial charge in [0.25, 0.3) is 0 Å². The van der Waals surface area contributed by atoms with Crippen molar-refractivity contribution in [2.75, 3.05) is 46.7 Å². The highest BCUT2D eigenvalue weighted by Gasteiger charge is 2.28. The maximum absolute atomic E-state index is 12.9. The van der Waals surface area contributed by atoms with Gasteiger partial charge in [0.15, 0.2) is 0 Å². The molecule has 0 radical (unpaired) electrons. The Morgan fingerprint density at radius 2 is 1.83 bits per heavy atom. The van der Waals surface area contributed by atoms with E-state index in [0.29, 0.717) is 31.9 Å². The Morgan fingerprint density at radius 3 is 2.37 bits per heavy atom. The lowest BCUT2D eigenvalue weighted by Gasteiger charge is -2.30. The molecular weight excluding hydrogens is 410 g/mol. The van der Waals surface area contributed by atoms with Crippen LogP contribution in [0.1, 0.15) is 25.8 Å². The van der Waals surface area contributed by atoms with E-state index in [2.05, 4.69) is 5.32 Å². The molecule has 0 fully saturated rings. The number of hydrogen-bond donors (Lipinski definition) is 1. The number of sulfonamides is 1. The number of benzene rings is 1. The molecule has 0 aliphatic rings. The summed E-state index contributed by atoms with van der Waals surface area (Å²) in [7, 11) is -0.637. The molecule has 170 valence electrons. The largest absolute Gasteiger partial charge is 0.497 e. The Morgan fingerprint density at radius 1 is 1.20 bits per heavy atom. The molecule has 1 atom stereocenters. The fraction of sp³-hybridized carbons (Fsp3) is 0.600. The summed E-state index contributed by atoms with van der Waals surface area (Å²) in [5, 5.41) is 2.80. The van der Waals surface area contributed by atoms with E-state index in [1.807, 2.05) is 6.92 Å². The Balaban J connectivity index is 2.91. The average molecular weight is 444 g/mol. The number of amides is 2. The maximum Gasteiger partial charge on any atom is 0.242 e. The second-order valence-corrected chi connectivity index (χ2v) is 9.00. The van der Waals surface area contributed by atoms with E-state index in [-0.39, 0.29) is 19.0 Å². The van der Waals surface area contributed by atoms with Crippen molar-refractivity contribution >= 4 is 21.8 Å². The summed E-state index contributed by atoms with van der Waals surface area (Å²) in [6.45, 7) is 4.92. The zero-order valence-electron chi connectivity index (χ0n) is 18.4. The molecule has 1 unspecified atom stereocenters. The van der Waals surface area contributed by atoms with Crippen LogP contribution >= 0.6 is 0 Å². The molecule has 0 spiro atoms. The van der Waals surface area contributed by atoms with Crippen LogP contribution in [-0.4, -0.2) is 82.2 Å². The molecule has 0 saturated carbocycles. The number of carbonyl (C=O) groups is 2. The lowest BCUT2D eigenvalue weighted by atomic mass is 10.1. The predicted molar refractivity (Wildman–Crippen MR) is 115 cm³/mol. The summed E-state index contributed by atoms with van der Waals surface area (Å²) in [5.74, 6) is -0.0976. The first kappa shape index (κ1) is 25.9. The van der Waals surface area contributed by atoms with E-state index >= 15 is 0 Å². The first-order chi connectivity index (χ1) is 14.1. The van der Waals surface area contributed by atoms with Crippen LogP contribution in [0.3, 0.4) is 0 Å². The molecule has 0 aliphatic carbocycles. The molecule has 1 aromatic carbocycles. The molecular formula is C20H33N3O6S. The Labute approximate surface area is 179 Å². The third-order valence-electron chi connectivity index (χ3n) is 4.57. The molecule has 0 bridgehead atoms. The van der Waals surface area contributed by atoms with Gasteiger partial charge in [-0.05, 0) is 38.0 Å². The van der Waals surface area contributed by atoms with E-state index in [9.17, 15) is 18.0 Å². The smallest absolute Gasteiger partial charge is 0.242 e. The van der Waals surface area contributed by atoms with Crippen LogP contribution in [0.25, 0.3) is 0 Å². The lowest BCUT2D eigenvalue weighted by molar-refractivity contribution is -0.140. The number of nitrogens with zero attached hydrogens (tertiary/aromatic N) is 2. The van der Waals surface area contributed by atoms with Gasteiger partial charge in [-0.1, -0.05) is 12.1 Å². The van der Waals surface area contributed by atoms with Gasteiger partial charge in [0.2, 0.25) is 21.8 Å². The van der Waals surface area contributed by atoms with Gasteiger partial charge in [-0.15, -0.1) is 0 Å². The summed E-state index contributed by atoms with van der Waals surface area (Å²) in [6, 6.07) is 6.34. The molecule has 1 aromatic rings. The topological polar surface area (TPSA) is 105 Å². The van der Waals surface area contributed by atoms with Gasteiger partial charge in [0.05, 0.1) is 19.9 Å². The van der Waals surface area contributed by atoms with Gasteiger partial charge >= 0.3 is 0 Å². The number of likely N-dealkylation sites (N-methyl/N-ethyl adjacent to an activating group) is 1. The van der Waals surface area contributed by atoms with Crippen molar-refractivity contribution in [2.45, 2.75) is 32.9 Å². The molecule has 2 amide bonds. The van der Waals surface area contributed by atoms with Gasteiger partial charge in [-0.3, -0.25) is 9.59 Å². The molecule has 0 saturated heterocycles. The van der Waals surface area contributed by atoms with Gasteiger partial charge in [0, 0.05) is 33.4 Å². The third kappa shape index (κ3) is 8.68. The van der Waals surface area contributed by atoms with E-state index in [0.717, 1.165) is 16.1 Å². The van der Waals surface area contributed by atoms with E-state index in [1.165, 1.54) is 11.9 Å². The van der Waals surface area contributed by atoms with E-state index in [4.69, 9.17) is 9.47 Å². The highest BCUT2D eigenvalue weighted by Crippen LogP contribution is 2.15. The monoisotopic (exact) mass is 443 g/mol. The summed E-state index contributed by atoms with van der Waals surface area (Å²) >= 11 is 0. The quantitative estimate of drug-likeness (QED) is 0.453. The Hall–Kier alpha value is -2.17. The minimum absolute atomic E-state index is 0.161. The zero-order chi connectivity index (χ0) is 22.7. The van der Waals surface area contributed by atoms with Crippen LogP contribution in [0.4, 0.5) is 0 Å². The second kappa shape index (κ2) is 12.5. The number of nitrogens with one attached hydrogen (secondary N) is 1. The predicted octanol–water partition coefficient (Wildman–Crippen LogP) is 0.847. The van der Waals surface area contributed by atoms with Crippen molar-refractivity contribution < 1.29 is 27.5 Å². The minimum atomic E-state index is -3.53. The molecule has 0 heterocycles. The van der Waals surface area contributed by atoms with Crippen LogP contribution in [0.2, 0.25) is 0 Å². The maximum atomic E-state index is 12.9. The Bertz CT molecular complexity index is 782. The number of methoxy groups -OCH3 is 1. The van der Waals surface area contributed by atoms with Crippen molar-refractivity contribution in [2.24, 2.45) is 0 Å². The lowest BCUT2D eigenvalue weighted by Crippen LogP contribution is -2.50. The van der Waals surface area contributed by atoms with Crippen LogP contribution in [0.5, 0.6) is 5.75 Å². The van der Waals surface area contributed by atoms with Crippen molar-refractivity contribution in [1.82, 2.24) is 14.5 Å². The molecule has 1 rings (SSSR count). The second-order valence-electron chi connectivity index (χ2n) is 6.91. The fourth-order valence-electron chi connectivity index (χ4n) is 2.59. The molecule has 10 heteroatoms. The van der Waals surface area contributed by atoms with Crippen LogP contribution in [0, 0.1) is 0 Å². The number of ether oxygens (including phenoxy) is 2. The molecule has 1 N–H and O–H groups in total. The number of rotatable bonds is 13. The van der Waals surface area contributed by atoms with Gasteiger partial charge in [-0.25, -0.2) is 8.42 Å². The van der Waals surface area contributed by atoms with E-state index < -0.39 is 22.0 Å². The highest BCUT2D eigenvalue weighted by atomic mass is 32.2. The SMILES string of the molecule is CCOCCCNC(=O)C(C)N(Cc1ccc(OC)cc1)C(=O)CN(C)S(C)(=O)=O. The average Bonchev–Trinajstić information content (AvgIpc) is 2.70. The van der Waals surface area contributed by atoms with Crippen LogP contribution in [-0.2, 0) is 30.9 Å². The minimum Gasteiger partial charge on any atom is -0.497 e. The van der Waals surface area contributed by atoms with Gasteiger partial charge in [0.1, 0.15) is 11.8 Å². The zero-order valence-corrected chi connectivity index (χ0v) is 19.2. The first-order valence-corrected chi connectivity index (χ1v) is 11.6. The summed E-state index contributed by atoms with van der Waals surface area (Å²) < 4.78 is 34.7. The van der Waals surface area contributed by atoms with Gasteiger partial charge < -0.3 is 19.7 Å². The standard InChI is InChI=1S/C20H33N3O6S/c1-6-29-13-7-12-21-20(25)16(2)23(19(24)15-22(3)30(5,26)27)14-17-8-10-18(28-4)11-9-17/h8-11,16H,6-7,12-15H2,1-5H3,(H,21,25). The molecule has 0 aliphatic heterocycles. The summed E-state index contributed by atoms with van der Waals surface area (Å²) in [4.78, 5) is 26.9. The van der Waals surface area contributed by atoms with Gasteiger partial charge in [-0.2, -0.15) is 4.31 Å². The van der Waals surface area contributed by atoms with Crippen molar-refractivity contribution in [3.05, 3.63) is 29.8 Å². The number of hydrogen-bond acceptors (Lipinski definition) is 6. The molecule has 0 aromatic heterocycles. The highest BCUT2D eigenvalue weighted by molar-refractivity contribution is 7.88. The number of carbonyl (C=O) groups excluding carboxylic acids is 2. The molecule has 30 heavy (non-hydrogen) atoms. The van der Waals surface area contributed by atoms with Crippen molar-refractivity contribution in [1.29, 1.82) is 0 Å². The van der Waals surface area contributed by atoms with Crippen molar-refractivity contribution in [3.63, 3.8) is 0 Å². The van der Waals surface area contributed by atoms with Crippen LogP contribution < -0.4 is 10.1 Å². The summed E-state index contributed by atoms with van der Waals surface area (Å²) in [6.07, 6.45) is 1.69. The Kier molecular flexibility index (Phi) is 10.8. The van der Waals surface area contributed by atoms with Crippen LogP contribution in [0.15, 0.2) is 24.3 Å². The van der Waals surface area contributed by atoms with E-state index in [1.54, 1.807) is 38.3 Å². The third-order valence-corrected chi connectivity index (χ3v) is 5.83. The fourth-order valence-corrected chi connectivity index (χ4v) is 2.93. The first-order valence-electron chi connectivity index (χ1n) is 9.79. The normalized spacial score (nSPS) is 12.5. The van der Waals surface area contributed by atoms with Crippen molar-refractivity contribution in [3.8, 4) is 5.75 Å². The summed E-state index contributed by atoms with van der Waals surface area (Å²) in [5.41, 5.74) is 0.794.